The summed E-state index contributed by atoms with van der Waals surface area (Å²) in [6.45, 7) is 1.09. The van der Waals surface area contributed by atoms with E-state index >= 15 is 0 Å². The molecule has 0 saturated carbocycles. The minimum atomic E-state index is -0.796. The zero-order chi connectivity index (χ0) is 20.4. The fourth-order valence-corrected chi connectivity index (χ4v) is 3.39. The number of ether oxygens (including phenoxy) is 3. The van der Waals surface area contributed by atoms with Crippen molar-refractivity contribution in [1.29, 1.82) is 0 Å². The van der Waals surface area contributed by atoms with Crippen LogP contribution >= 0.6 is 0 Å². The standard InChI is InChI=1S/C20H18N2O7/c23-17(13-4-6-18-19(10-13)29-12-28-18)11-27-20(24)14-3-5-15(16(9-14)22(25)26)21-7-1-2-8-21/h3-6,9-10H,1-2,7-8,11-12H2. The molecule has 2 aromatic rings. The van der Waals surface area contributed by atoms with Crippen molar-refractivity contribution < 1.29 is 28.7 Å². The highest BCUT2D eigenvalue weighted by molar-refractivity contribution is 6.00. The highest BCUT2D eigenvalue weighted by Crippen LogP contribution is 2.33. The molecule has 4 rings (SSSR count). The lowest BCUT2D eigenvalue weighted by molar-refractivity contribution is -0.384. The molecule has 0 aliphatic carbocycles. The Kier molecular flexibility index (Phi) is 5.03. The van der Waals surface area contributed by atoms with Crippen LogP contribution in [0.4, 0.5) is 11.4 Å². The number of hydrogen-bond acceptors (Lipinski definition) is 8. The molecule has 1 fully saturated rings. The smallest absolute Gasteiger partial charge is 0.338 e. The van der Waals surface area contributed by atoms with E-state index < -0.39 is 23.3 Å². The monoisotopic (exact) mass is 398 g/mol. The molecule has 2 aliphatic rings. The second-order valence-electron chi connectivity index (χ2n) is 6.72. The average Bonchev–Trinajstić information content (AvgIpc) is 3.42. The number of nitrogens with zero attached hydrogens (tertiary/aromatic N) is 2. The van der Waals surface area contributed by atoms with Gasteiger partial charge in [-0.2, -0.15) is 0 Å². The highest BCUT2D eigenvalue weighted by Gasteiger charge is 2.25. The van der Waals surface area contributed by atoms with E-state index in [2.05, 4.69) is 0 Å². The second-order valence-corrected chi connectivity index (χ2v) is 6.72. The number of Topliss-reactive ketones (excluding diaryl/α,β-unsaturated/α-hetero) is 1. The number of carbonyl (C=O) groups excluding carboxylic acids is 2. The number of nitro groups is 1. The minimum absolute atomic E-state index is 0.0260. The number of anilines is 1. The molecule has 0 radical (unpaired) electrons. The number of benzene rings is 2. The first-order valence-corrected chi connectivity index (χ1v) is 9.16. The molecule has 2 heterocycles. The van der Waals surface area contributed by atoms with Crippen molar-refractivity contribution in [2.75, 3.05) is 31.4 Å². The predicted molar refractivity (Wildman–Crippen MR) is 102 cm³/mol. The molecule has 0 unspecified atom stereocenters. The molecule has 9 heteroatoms. The van der Waals surface area contributed by atoms with Gasteiger partial charge in [0.15, 0.2) is 23.9 Å². The molecule has 2 aliphatic heterocycles. The van der Waals surface area contributed by atoms with Crippen molar-refractivity contribution in [3.8, 4) is 11.5 Å². The topological polar surface area (TPSA) is 108 Å². The normalized spacial score (nSPS) is 14.7. The summed E-state index contributed by atoms with van der Waals surface area (Å²) in [5.74, 6) is -0.214. The van der Waals surface area contributed by atoms with Gasteiger partial charge in [-0.25, -0.2) is 4.79 Å². The molecule has 0 aromatic heterocycles. The first-order chi connectivity index (χ1) is 14.0. The van der Waals surface area contributed by atoms with E-state index in [-0.39, 0.29) is 18.0 Å². The van der Waals surface area contributed by atoms with Gasteiger partial charge in [0.2, 0.25) is 6.79 Å². The van der Waals surface area contributed by atoms with Crippen LogP contribution in [0.25, 0.3) is 0 Å². The van der Waals surface area contributed by atoms with Crippen LogP contribution < -0.4 is 14.4 Å². The lowest BCUT2D eigenvalue weighted by Crippen LogP contribution is -2.19. The Bertz CT molecular complexity index is 983. The summed E-state index contributed by atoms with van der Waals surface area (Å²) in [7, 11) is 0. The summed E-state index contributed by atoms with van der Waals surface area (Å²) in [5, 5.41) is 11.4. The first kappa shape index (κ1) is 18.7. The fourth-order valence-electron chi connectivity index (χ4n) is 3.39. The largest absolute Gasteiger partial charge is 0.454 e. The number of carbonyl (C=O) groups is 2. The minimum Gasteiger partial charge on any atom is -0.454 e. The summed E-state index contributed by atoms with van der Waals surface area (Å²) in [5.41, 5.74) is 0.680. The van der Waals surface area contributed by atoms with Crippen molar-refractivity contribution >= 4 is 23.1 Å². The van der Waals surface area contributed by atoms with Gasteiger partial charge in [-0.3, -0.25) is 14.9 Å². The van der Waals surface area contributed by atoms with Gasteiger partial charge in [0.25, 0.3) is 5.69 Å². The zero-order valence-corrected chi connectivity index (χ0v) is 15.5. The zero-order valence-electron chi connectivity index (χ0n) is 15.5. The molecular formula is C20H18N2O7. The van der Waals surface area contributed by atoms with Gasteiger partial charge in [0.1, 0.15) is 5.69 Å². The van der Waals surface area contributed by atoms with Gasteiger partial charge >= 0.3 is 5.97 Å². The van der Waals surface area contributed by atoms with Crippen molar-refractivity contribution in [1.82, 2.24) is 0 Å². The molecule has 2 aromatic carbocycles. The maximum atomic E-state index is 12.3. The molecule has 1 saturated heterocycles. The number of esters is 1. The van der Waals surface area contributed by atoms with Crippen LogP contribution in [0.15, 0.2) is 36.4 Å². The molecule has 0 atom stereocenters. The van der Waals surface area contributed by atoms with E-state index in [0.717, 1.165) is 25.9 Å². The lowest BCUT2D eigenvalue weighted by Gasteiger charge is -2.17. The molecule has 9 nitrogen and oxygen atoms in total. The highest BCUT2D eigenvalue weighted by atomic mass is 16.7. The third-order valence-corrected chi connectivity index (χ3v) is 4.88. The predicted octanol–water partition coefficient (Wildman–Crippen LogP) is 2.96. The maximum absolute atomic E-state index is 12.3. The third kappa shape index (κ3) is 3.84. The summed E-state index contributed by atoms with van der Waals surface area (Å²) in [6, 6.07) is 8.92. The number of rotatable bonds is 6. The van der Waals surface area contributed by atoms with Crippen LogP contribution in [0.1, 0.15) is 33.6 Å². The van der Waals surface area contributed by atoms with Crippen LogP contribution in [-0.4, -0.2) is 43.2 Å². The molecule has 29 heavy (non-hydrogen) atoms. The number of nitro benzene ring substituents is 1. The van der Waals surface area contributed by atoms with Crippen molar-refractivity contribution in [2.45, 2.75) is 12.8 Å². The van der Waals surface area contributed by atoms with Gasteiger partial charge in [-0.1, -0.05) is 0 Å². The maximum Gasteiger partial charge on any atom is 0.338 e. The summed E-state index contributed by atoms with van der Waals surface area (Å²) >= 11 is 0. The number of hydrogen-bond donors (Lipinski definition) is 0. The van der Waals surface area contributed by atoms with E-state index in [4.69, 9.17) is 14.2 Å². The van der Waals surface area contributed by atoms with Crippen molar-refractivity contribution in [3.63, 3.8) is 0 Å². The second kappa shape index (κ2) is 7.78. The van der Waals surface area contributed by atoms with Crippen LogP contribution in [0, 0.1) is 10.1 Å². The SMILES string of the molecule is O=C(COC(=O)c1ccc(N2CCCC2)c([N+](=O)[O-])c1)c1ccc2c(c1)OCO2. The van der Waals surface area contributed by atoms with Crippen LogP contribution in [0.2, 0.25) is 0 Å². The molecule has 0 spiro atoms. The summed E-state index contributed by atoms with van der Waals surface area (Å²) < 4.78 is 15.5. The Hall–Kier alpha value is -3.62. The quantitative estimate of drug-likeness (QED) is 0.316. The molecule has 150 valence electrons. The van der Waals surface area contributed by atoms with Crippen LogP contribution in [0.3, 0.4) is 0 Å². The summed E-state index contributed by atoms with van der Waals surface area (Å²) in [6.07, 6.45) is 1.95. The van der Waals surface area contributed by atoms with E-state index in [1.54, 1.807) is 18.2 Å². The van der Waals surface area contributed by atoms with E-state index in [1.807, 2.05) is 4.90 Å². The Morgan fingerprint density at radius 1 is 1.03 bits per heavy atom. The van der Waals surface area contributed by atoms with Gasteiger partial charge < -0.3 is 19.1 Å². The van der Waals surface area contributed by atoms with Crippen molar-refractivity contribution in [2.24, 2.45) is 0 Å². The third-order valence-electron chi connectivity index (χ3n) is 4.88. The lowest BCUT2D eigenvalue weighted by atomic mass is 10.1. The Morgan fingerprint density at radius 2 is 1.76 bits per heavy atom. The summed E-state index contributed by atoms with van der Waals surface area (Å²) in [4.78, 5) is 37.5. The van der Waals surface area contributed by atoms with E-state index in [1.165, 1.54) is 18.2 Å². The van der Waals surface area contributed by atoms with Gasteiger partial charge in [-0.15, -0.1) is 0 Å². The van der Waals surface area contributed by atoms with Crippen molar-refractivity contribution in [3.05, 3.63) is 57.6 Å². The Morgan fingerprint density at radius 3 is 2.52 bits per heavy atom. The molecular weight excluding hydrogens is 380 g/mol. The van der Waals surface area contributed by atoms with Crippen LogP contribution in [0.5, 0.6) is 11.5 Å². The average molecular weight is 398 g/mol. The van der Waals surface area contributed by atoms with Crippen LogP contribution in [-0.2, 0) is 4.74 Å². The Balaban J connectivity index is 1.44. The van der Waals surface area contributed by atoms with Gasteiger partial charge in [0, 0.05) is 24.7 Å². The molecule has 0 amide bonds. The van der Waals surface area contributed by atoms with Gasteiger partial charge in [0.05, 0.1) is 10.5 Å². The fraction of sp³-hybridized carbons (Fsp3) is 0.300. The first-order valence-electron chi connectivity index (χ1n) is 9.16. The Labute approximate surface area is 165 Å². The molecule has 0 N–H and O–H groups in total. The molecule has 0 bridgehead atoms. The number of fused-ring (bicyclic) bond motifs is 1. The number of ketones is 1. The van der Waals surface area contributed by atoms with E-state index in [9.17, 15) is 19.7 Å². The van der Waals surface area contributed by atoms with E-state index in [0.29, 0.717) is 22.7 Å². The van der Waals surface area contributed by atoms with Gasteiger partial charge in [-0.05, 0) is 43.2 Å².